The highest BCUT2D eigenvalue weighted by Crippen LogP contribution is 2.31. The van der Waals surface area contributed by atoms with E-state index >= 15 is 0 Å². The highest BCUT2D eigenvalue weighted by Gasteiger charge is 2.26. The van der Waals surface area contributed by atoms with Gasteiger partial charge in [-0.05, 0) is 63.2 Å². The lowest BCUT2D eigenvalue weighted by molar-refractivity contribution is -0.121. The van der Waals surface area contributed by atoms with E-state index < -0.39 is 0 Å². The quantitative estimate of drug-likeness (QED) is 0.600. The predicted octanol–water partition coefficient (Wildman–Crippen LogP) is 3.91. The van der Waals surface area contributed by atoms with E-state index in [9.17, 15) is 4.79 Å². The molecule has 2 aromatic carbocycles. The van der Waals surface area contributed by atoms with Crippen molar-refractivity contribution < 1.29 is 18.8 Å². The van der Waals surface area contributed by atoms with Gasteiger partial charge in [-0.1, -0.05) is 22.9 Å². The van der Waals surface area contributed by atoms with Crippen LogP contribution in [0, 0.1) is 12.8 Å². The van der Waals surface area contributed by atoms with Crippen LogP contribution >= 0.6 is 0 Å². The Morgan fingerprint density at radius 1 is 1.09 bits per heavy atom. The summed E-state index contributed by atoms with van der Waals surface area (Å²) in [6.45, 7) is 4.20. The molecular formula is C24H28N4O4. The van der Waals surface area contributed by atoms with Gasteiger partial charge in [0.1, 0.15) is 0 Å². The minimum Gasteiger partial charge on any atom is -0.493 e. The standard InChI is InChI=1S/C24H28N4O4/c1-16-4-7-19(8-5-16)25-24(29)17-10-12-28(13-11-17)15-22-26-23(27-32-22)18-6-9-20(30-2)21(14-18)31-3/h4-9,14,17H,10-13,15H2,1-3H3,(H,25,29). The number of nitrogens with zero attached hydrogens (tertiary/aromatic N) is 3. The van der Waals surface area contributed by atoms with Crippen molar-refractivity contribution in [3.8, 4) is 22.9 Å². The largest absolute Gasteiger partial charge is 0.493 e. The number of aromatic nitrogens is 2. The van der Waals surface area contributed by atoms with Crippen molar-refractivity contribution in [2.75, 3.05) is 32.6 Å². The second-order valence-electron chi connectivity index (χ2n) is 7.99. The van der Waals surface area contributed by atoms with Crippen molar-refractivity contribution in [2.45, 2.75) is 26.3 Å². The van der Waals surface area contributed by atoms with Gasteiger partial charge in [-0.2, -0.15) is 4.98 Å². The summed E-state index contributed by atoms with van der Waals surface area (Å²) < 4.78 is 16.1. The molecule has 8 heteroatoms. The van der Waals surface area contributed by atoms with Crippen LogP contribution in [0.5, 0.6) is 11.5 Å². The van der Waals surface area contributed by atoms with E-state index in [1.54, 1.807) is 14.2 Å². The molecule has 4 rings (SSSR count). The highest BCUT2D eigenvalue weighted by atomic mass is 16.5. The van der Waals surface area contributed by atoms with Gasteiger partial charge in [-0.25, -0.2) is 0 Å². The molecule has 0 saturated carbocycles. The van der Waals surface area contributed by atoms with Gasteiger partial charge < -0.3 is 19.3 Å². The Balaban J connectivity index is 1.31. The number of piperidine rings is 1. The lowest BCUT2D eigenvalue weighted by Crippen LogP contribution is -2.37. The Morgan fingerprint density at radius 2 is 1.81 bits per heavy atom. The molecule has 1 amide bonds. The van der Waals surface area contributed by atoms with Gasteiger partial charge in [0, 0.05) is 17.2 Å². The molecule has 168 valence electrons. The molecule has 1 aliphatic rings. The number of ether oxygens (including phenoxy) is 2. The Hall–Kier alpha value is -3.39. The minimum absolute atomic E-state index is 0.0116. The van der Waals surface area contributed by atoms with Crippen LogP contribution in [0.25, 0.3) is 11.4 Å². The molecular weight excluding hydrogens is 408 g/mol. The van der Waals surface area contributed by atoms with Gasteiger partial charge in [0.05, 0.1) is 20.8 Å². The van der Waals surface area contributed by atoms with Crippen LogP contribution in [0.15, 0.2) is 47.0 Å². The first-order valence-electron chi connectivity index (χ1n) is 10.7. The summed E-state index contributed by atoms with van der Waals surface area (Å²) >= 11 is 0. The molecule has 1 fully saturated rings. The zero-order valence-electron chi connectivity index (χ0n) is 18.6. The number of likely N-dealkylation sites (tertiary alicyclic amines) is 1. The number of nitrogens with one attached hydrogen (secondary N) is 1. The van der Waals surface area contributed by atoms with E-state index in [1.165, 1.54) is 5.56 Å². The monoisotopic (exact) mass is 436 g/mol. The third-order valence-corrected chi connectivity index (χ3v) is 5.75. The number of carbonyl (C=O) groups is 1. The van der Waals surface area contributed by atoms with Crippen molar-refractivity contribution in [2.24, 2.45) is 5.92 Å². The Morgan fingerprint density at radius 3 is 2.50 bits per heavy atom. The average Bonchev–Trinajstić information content (AvgIpc) is 3.29. The maximum absolute atomic E-state index is 12.6. The average molecular weight is 437 g/mol. The molecule has 3 aromatic rings. The summed E-state index contributed by atoms with van der Waals surface area (Å²) in [4.78, 5) is 19.4. The number of hydrogen-bond donors (Lipinski definition) is 1. The fourth-order valence-electron chi connectivity index (χ4n) is 3.84. The summed E-state index contributed by atoms with van der Waals surface area (Å²) in [5.74, 6) is 2.42. The highest BCUT2D eigenvalue weighted by molar-refractivity contribution is 5.92. The van der Waals surface area contributed by atoms with Gasteiger partial charge in [0.2, 0.25) is 17.6 Å². The molecule has 1 aromatic heterocycles. The van der Waals surface area contributed by atoms with Crippen LogP contribution in [0.4, 0.5) is 5.69 Å². The van der Waals surface area contributed by atoms with Crippen molar-refractivity contribution in [1.82, 2.24) is 15.0 Å². The molecule has 0 radical (unpaired) electrons. The molecule has 1 N–H and O–H groups in total. The number of anilines is 1. The maximum Gasteiger partial charge on any atom is 0.241 e. The minimum atomic E-state index is 0.0116. The second kappa shape index (κ2) is 9.82. The number of benzene rings is 2. The van der Waals surface area contributed by atoms with Crippen LogP contribution in [-0.4, -0.2) is 48.3 Å². The summed E-state index contributed by atoms with van der Waals surface area (Å²) in [6, 6.07) is 13.4. The molecule has 1 aliphatic heterocycles. The van der Waals surface area contributed by atoms with E-state index in [-0.39, 0.29) is 11.8 Å². The Labute approximate surface area is 187 Å². The SMILES string of the molecule is COc1ccc(-c2noc(CN3CCC(C(=O)Nc4ccc(C)cc4)CC3)n2)cc1OC. The number of aryl methyl sites for hydroxylation is 1. The van der Waals surface area contributed by atoms with Crippen LogP contribution in [0.2, 0.25) is 0 Å². The van der Waals surface area contributed by atoms with Crippen LogP contribution in [0.3, 0.4) is 0 Å². The van der Waals surface area contributed by atoms with E-state index in [0.717, 1.165) is 37.2 Å². The molecule has 0 unspecified atom stereocenters. The lowest BCUT2D eigenvalue weighted by atomic mass is 9.96. The molecule has 0 atom stereocenters. The van der Waals surface area contributed by atoms with Gasteiger partial charge in [0.25, 0.3) is 0 Å². The summed E-state index contributed by atoms with van der Waals surface area (Å²) in [6.07, 6.45) is 1.60. The summed E-state index contributed by atoms with van der Waals surface area (Å²) in [7, 11) is 3.19. The molecule has 8 nitrogen and oxygen atoms in total. The topological polar surface area (TPSA) is 89.7 Å². The van der Waals surface area contributed by atoms with Crippen molar-refractivity contribution in [3.05, 3.63) is 53.9 Å². The normalized spacial score (nSPS) is 14.8. The molecule has 0 bridgehead atoms. The molecule has 2 heterocycles. The zero-order valence-corrected chi connectivity index (χ0v) is 18.6. The van der Waals surface area contributed by atoms with E-state index in [4.69, 9.17) is 14.0 Å². The molecule has 32 heavy (non-hydrogen) atoms. The van der Waals surface area contributed by atoms with Crippen LogP contribution in [0.1, 0.15) is 24.3 Å². The molecule has 1 saturated heterocycles. The van der Waals surface area contributed by atoms with Crippen LogP contribution < -0.4 is 14.8 Å². The fourth-order valence-corrected chi connectivity index (χ4v) is 3.84. The summed E-state index contributed by atoms with van der Waals surface area (Å²) in [5.41, 5.74) is 2.81. The number of rotatable bonds is 7. The van der Waals surface area contributed by atoms with Crippen molar-refractivity contribution >= 4 is 11.6 Å². The van der Waals surface area contributed by atoms with E-state index in [1.807, 2.05) is 49.4 Å². The number of carbonyl (C=O) groups excluding carboxylic acids is 1. The van der Waals surface area contributed by atoms with Crippen molar-refractivity contribution in [1.29, 1.82) is 0 Å². The third-order valence-electron chi connectivity index (χ3n) is 5.75. The predicted molar refractivity (Wildman–Crippen MR) is 121 cm³/mol. The number of methoxy groups -OCH3 is 2. The lowest BCUT2D eigenvalue weighted by Gasteiger charge is -2.30. The van der Waals surface area contributed by atoms with Gasteiger partial charge in [0.15, 0.2) is 11.5 Å². The first-order chi connectivity index (χ1) is 15.6. The second-order valence-corrected chi connectivity index (χ2v) is 7.99. The van der Waals surface area contributed by atoms with Gasteiger partial charge >= 0.3 is 0 Å². The Kier molecular flexibility index (Phi) is 6.70. The first kappa shape index (κ1) is 21.8. The number of amides is 1. The van der Waals surface area contributed by atoms with Gasteiger partial charge in [-0.15, -0.1) is 0 Å². The van der Waals surface area contributed by atoms with Crippen molar-refractivity contribution in [3.63, 3.8) is 0 Å². The fraction of sp³-hybridized carbons (Fsp3) is 0.375. The third kappa shape index (κ3) is 5.08. The van der Waals surface area contributed by atoms with E-state index in [2.05, 4.69) is 20.4 Å². The summed E-state index contributed by atoms with van der Waals surface area (Å²) in [5, 5.41) is 7.13. The van der Waals surface area contributed by atoms with Gasteiger partial charge in [-0.3, -0.25) is 9.69 Å². The molecule has 0 spiro atoms. The maximum atomic E-state index is 12.6. The molecule has 0 aliphatic carbocycles. The van der Waals surface area contributed by atoms with E-state index in [0.29, 0.717) is 29.8 Å². The van der Waals surface area contributed by atoms with Crippen LogP contribution in [-0.2, 0) is 11.3 Å². The first-order valence-corrected chi connectivity index (χ1v) is 10.7. The Bertz CT molecular complexity index is 1060. The number of hydrogen-bond acceptors (Lipinski definition) is 7. The smallest absolute Gasteiger partial charge is 0.241 e. The zero-order chi connectivity index (χ0) is 22.5.